The van der Waals surface area contributed by atoms with Crippen LogP contribution in [0.4, 0.5) is 11.4 Å². The van der Waals surface area contributed by atoms with Gasteiger partial charge < -0.3 is 16.0 Å². The second kappa shape index (κ2) is 11.2. The number of hydrogen-bond acceptors (Lipinski definition) is 6. The number of hydrogen-bond donors (Lipinski definition) is 4. The maximum Gasteiger partial charge on any atom is 0.244 e. The monoisotopic (exact) mass is 453 g/mol. The Bertz CT molecular complexity index is 1070. The van der Waals surface area contributed by atoms with Crippen molar-refractivity contribution in [2.75, 3.05) is 23.4 Å². The first kappa shape index (κ1) is 23.1. The van der Waals surface area contributed by atoms with Crippen molar-refractivity contribution in [2.45, 2.75) is 13.0 Å². The van der Waals surface area contributed by atoms with Crippen molar-refractivity contribution in [3.05, 3.63) is 64.2 Å². The van der Waals surface area contributed by atoms with Gasteiger partial charge in [-0.15, -0.1) is 5.10 Å². The van der Waals surface area contributed by atoms with E-state index >= 15 is 0 Å². The normalized spacial score (nSPS) is 13.1. The molecule has 0 spiro atoms. The third-order valence-corrected chi connectivity index (χ3v) is 4.97. The Morgan fingerprint density at radius 2 is 2.09 bits per heavy atom. The SMILES string of the molecule is C=N/N=C\N(N)c1ccc(Cl)cc1/C=C/C(=O)NCC(=O)Nc1ccc2c(c1)CCNC2. The highest BCUT2D eigenvalue weighted by Crippen LogP contribution is 2.23. The van der Waals surface area contributed by atoms with Gasteiger partial charge in [-0.2, -0.15) is 5.10 Å². The van der Waals surface area contributed by atoms with Gasteiger partial charge in [-0.3, -0.25) is 14.6 Å². The molecule has 1 aliphatic heterocycles. The summed E-state index contributed by atoms with van der Waals surface area (Å²) in [5, 5.41) is 17.4. The molecule has 0 aliphatic carbocycles. The standard InChI is InChI=1S/C22H24ClN7O2/c1-25-28-14-30(24)20-6-4-18(23)10-16(20)3-7-21(31)27-13-22(32)29-19-5-2-17-12-26-9-8-15(17)11-19/h2-7,10-11,14,26H,1,8-9,12-13,24H2,(H,27,31)(H,29,32)/b7-3+,28-14-. The van der Waals surface area contributed by atoms with Gasteiger partial charge >= 0.3 is 0 Å². The van der Waals surface area contributed by atoms with E-state index in [4.69, 9.17) is 17.4 Å². The molecule has 2 aromatic rings. The molecule has 1 heterocycles. The Morgan fingerprint density at radius 3 is 2.91 bits per heavy atom. The molecule has 0 bridgehead atoms. The van der Waals surface area contributed by atoms with E-state index in [1.165, 1.54) is 28.6 Å². The quantitative estimate of drug-likeness (QED) is 0.160. The van der Waals surface area contributed by atoms with Crippen molar-refractivity contribution >= 4 is 53.9 Å². The van der Waals surface area contributed by atoms with Gasteiger partial charge in [0.2, 0.25) is 11.8 Å². The van der Waals surface area contributed by atoms with Crippen molar-refractivity contribution in [3.8, 4) is 0 Å². The molecule has 2 amide bonds. The minimum Gasteiger partial charge on any atom is -0.343 e. The van der Waals surface area contributed by atoms with Gasteiger partial charge in [0.1, 0.15) is 6.34 Å². The highest BCUT2D eigenvalue weighted by molar-refractivity contribution is 6.30. The molecule has 0 saturated carbocycles. The predicted molar refractivity (Wildman–Crippen MR) is 129 cm³/mol. The van der Waals surface area contributed by atoms with E-state index in [1.807, 2.05) is 18.2 Å². The summed E-state index contributed by atoms with van der Waals surface area (Å²) >= 11 is 6.05. The molecule has 0 aromatic heterocycles. The molecule has 0 unspecified atom stereocenters. The Kier molecular flexibility index (Phi) is 8.09. The first-order valence-electron chi connectivity index (χ1n) is 9.87. The zero-order valence-electron chi connectivity index (χ0n) is 17.3. The number of carbonyl (C=O) groups excluding carboxylic acids is 2. The minimum atomic E-state index is -0.437. The fourth-order valence-corrected chi connectivity index (χ4v) is 3.38. The molecule has 0 saturated heterocycles. The zero-order chi connectivity index (χ0) is 22.9. The van der Waals surface area contributed by atoms with Crippen LogP contribution in [-0.2, 0) is 22.6 Å². The van der Waals surface area contributed by atoms with E-state index in [0.29, 0.717) is 22.0 Å². The van der Waals surface area contributed by atoms with Crippen LogP contribution in [0.15, 0.2) is 52.7 Å². The van der Waals surface area contributed by atoms with E-state index in [9.17, 15) is 9.59 Å². The Hall–Kier alpha value is -3.53. The van der Waals surface area contributed by atoms with Crippen LogP contribution in [0, 0.1) is 0 Å². The number of halogens is 1. The third-order valence-electron chi connectivity index (χ3n) is 4.74. The third kappa shape index (κ3) is 6.48. The number of nitrogens with one attached hydrogen (secondary N) is 3. The number of fused-ring (bicyclic) bond motifs is 1. The van der Waals surface area contributed by atoms with Gasteiger partial charge in [-0.05, 0) is 60.5 Å². The highest BCUT2D eigenvalue weighted by atomic mass is 35.5. The highest BCUT2D eigenvalue weighted by Gasteiger charge is 2.11. The lowest BCUT2D eigenvalue weighted by atomic mass is 10.0. The maximum absolute atomic E-state index is 12.2. The summed E-state index contributed by atoms with van der Waals surface area (Å²) in [4.78, 5) is 24.4. The summed E-state index contributed by atoms with van der Waals surface area (Å²) in [5.74, 6) is 5.16. The smallest absolute Gasteiger partial charge is 0.244 e. The number of benzene rings is 2. The van der Waals surface area contributed by atoms with Crippen LogP contribution >= 0.6 is 11.6 Å². The Labute approximate surface area is 191 Å². The van der Waals surface area contributed by atoms with Gasteiger partial charge in [0, 0.05) is 35.6 Å². The van der Waals surface area contributed by atoms with Crippen molar-refractivity contribution in [2.24, 2.45) is 16.0 Å². The lowest BCUT2D eigenvalue weighted by molar-refractivity contribution is -0.121. The molecule has 3 rings (SSSR count). The molecule has 0 radical (unpaired) electrons. The lowest BCUT2D eigenvalue weighted by Crippen LogP contribution is -2.32. The summed E-state index contributed by atoms with van der Waals surface area (Å²) in [6, 6.07) is 10.8. The fourth-order valence-electron chi connectivity index (χ4n) is 3.20. The molecule has 0 fully saturated rings. The van der Waals surface area contributed by atoms with Crippen LogP contribution in [0.3, 0.4) is 0 Å². The van der Waals surface area contributed by atoms with Crippen molar-refractivity contribution in [3.63, 3.8) is 0 Å². The summed E-state index contributed by atoms with van der Waals surface area (Å²) in [6.07, 6.45) is 5.03. The summed E-state index contributed by atoms with van der Waals surface area (Å²) in [5.41, 5.74) is 4.29. The second-order valence-electron chi connectivity index (χ2n) is 6.99. The van der Waals surface area contributed by atoms with E-state index in [1.54, 1.807) is 24.3 Å². The molecular weight excluding hydrogens is 430 g/mol. The number of amides is 2. The molecule has 2 aromatic carbocycles. The topological polar surface area (TPSA) is 124 Å². The van der Waals surface area contributed by atoms with Gasteiger partial charge in [0.05, 0.1) is 12.2 Å². The molecule has 9 nitrogen and oxygen atoms in total. The summed E-state index contributed by atoms with van der Waals surface area (Å²) < 4.78 is 0. The van der Waals surface area contributed by atoms with Crippen molar-refractivity contribution in [1.82, 2.24) is 10.6 Å². The molecule has 10 heteroatoms. The molecule has 166 valence electrons. The first-order valence-corrected chi connectivity index (χ1v) is 10.2. The van der Waals surface area contributed by atoms with E-state index < -0.39 is 5.91 Å². The molecule has 0 atom stereocenters. The number of nitrogens with zero attached hydrogens (tertiary/aromatic N) is 3. The van der Waals surface area contributed by atoms with E-state index in [2.05, 4.69) is 32.9 Å². The summed E-state index contributed by atoms with van der Waals surface area (Å²) in [7, 11) is 0. The molecule has 32 heavy (non-hydrogen) atoms. The lowest BCUT2D eigenvalue weighted by Gasteiger charge is -2.18. The largest absolute Gasteiger partial charge is 0.343 e. The fraction of sp³-hybridized carbons (Fsp3) is 0.182. The van der Waals surface area contributed by atoms with Crippen LogP contribution in [0.5, 0.6) is 0 Å². The Balaban J connectivity index is 1.56. The number of hydrazine groups is 1. The maximum atomic E-state index is 12.2. The van der Waals surface area contributed by atoms with Crippen LogP contribution in [-0.4, -0.2) is 38.0 Å². The van der Waals surface area contributed by atoms with Crippen molar-refractivity contribution < 1.29 is 9.59 Å². The van der Waals surface area contributed by atoms with Crippen LogP contribution < -0.4 is 26.8 Å². The average molecular weight is 454 g/mol. The molecule has 5 N–H and O–H groups in total. The first-order chi connectivity index (χ1) is 15.5. The van der Waals surface area contributed by atoms with Crippen LogP contribution in [0.25, 0.3) is 6.08 Å². The zero-order valence-corrected chi connectivity index (χ0v) is 18.1. The second-order valence-corrected chi connectivity index (χ2v) is 7.43. The van der Waals surface area contributed by atoms with Crippen molar-refractivity contribution in [1.29, 1.82) is 0 Å². The van der Waals surface area contributed by atoms with Gasteiger partial charge in [-0.25, -0.2) is 5.84 Å². The molecule has 1 aliphatic rings. The van der Waals surface area contributed by atoms with Gasteiger partial charge in [0.25, 0.3) is 0 Å². The van der Waals surface area contributed by atoms with Gasteiger partial charge in [0.15, 0.2) is 0 Å². The number of anilines is 2. The number of rotatable bonds is 8. The van der Waals surface area contributed by atoms with E-state index in [-0.39, 0.29) is 12.5 Å². The van der Waals surface area contributed by atoms with E-state index in [0.717, 1.165) is 19.5 Å². The summed E-state index contributed by atoms with van der Waals surface area (Å²) in [6.45, 7) is 4.84. The minimum absolute atomic E-state index is 0.162. The predicted octanol–water partition coefficient (Wildman–Crippen LogP) is 2.08. The Morgan fingerprint density at radius 1 is 1.25 bits per heavy atom. The number of nitrogens with two attached hydrogens (primary N) is 1. The van der Waals surface area contributed by atoms with Gasteiger partial charge in [-0.1, -0.05) is 17.7 Å². The molecular formula is C22H24ClN7O2. The van der Waals surface area contributed by atoms with Crippen LogP contribution in [0.1, 0.15) is 16.7 Å². The average Bonchev–Trinajstić information content (AvgIpc) is 2.79. The number of carbonyl (C=O) groups is 2. The van der Waals surface area contributed by atoms with Crippen LogP contribution in [0.2, 0.25) is 5.02 Å².